The molecule has 21 heavy (non-hydrogen) atoms. The van der Waals surface area contributed by atoms with E-state index in [0.29, 0.717) is 5.01 Å². The van der Waals surface area contributed by atoms with E-state index in [1.807, 2.05) is 20.8 Å². The van der Waals surface area contributed by atoms with Crippen LogP contribution in [-0.4, -0.2) is 16.1 Å². The minimum atomic E-state index is -3.62. The number of alkyl halides is 2. The van der Waals surface area contributed by atoms with Crippen LogP contribution in [0.4, 0.5) is 13.9 Å². The largest absolute Gasteiger partial charge is 0.350 e. The Labute approximate surface area is 125 Å². The highest BCUT2D eigenvalue weighted by Gasteiger charge is 2.41. The summed E-state index contributed by atoms with van der Waals surface area (Å²) in [7, 11) is 0. The van der Waals surface area contributed by atoms with E-state index >= 15 is 0 Å². The van der Waals surface area contributed by atoms with Crippen molar-refractivity contribution >= 4 is 22.4 Å². The second kappa shape index (κ2) is 5.48. The highest BCUT2D eigenvalue weighted by molar-refractivity contribution is 7.15. The lowest BCUT2D eigenvalue weighted by atomic mass is 9.98. The number of carbonyl (C=O) groups is 1. The van der Waals surface area contributed by atoms with Crippen molar-refractivity contribution in [1.82, 2.24) is 10.2 Å². The summed E-state index contributed by atoms with van der Waals surface area (Å²) in [5, 5.41) is 10.5. The van der Waals surface area contributed by atoms with Crippen LogP contribution < -0.4 is 5.32 Å². The van der Waals surface area contributed by atoms with Gasteiger partial charge in [-0.05, 0) is 0 Å². The molecule has 1 aromatic carbocycles. The molecule has 0 unspecified atom stereocenters. The van der Waals surface area contributed by atoms with Gasteiger partial charge in [0.1, 0.15) is 5.01 Å². The summed E-state index contributed by atoms with van der Waals surface area (Å²) in [6, 6.07) is 6.94. The second-order valence-electron chi connectivity index (χ2n) is 5.56. The van der Waals surface area contributed by atoms with E-state index in [4.69, 9.17) is 0 Å². The maximum absolute atomic E-state index is 14.0. The van der Waals surface area contributed by atoms with Crippen LogP contribution in [0.2, 0.25) is 0 Å². The number of hydrogen-bond acceptors (Lipinski definition) is 4. The molecule has 0 radical (unpaired) electrons. The Balaban J connectivity index is 2.16. The molecule has 0 aliphatic heterocycles. The molecule has 0 aliphatic carbocycles. The van der Waals surface area contributed by atoms with Crippen molar-refractivity contribution in [3.05, 3.63) is 40.9 Å². The fourth-order valence-electron chi connectivity index (χ4n) is 1.53. The second-order valence-corrected chi connectivity index (χ2v) is 6.53. The van der Waals surface area contributed by atoms with Gasteiger partial charge in [0.05, 0.1) is 0 Å². The van der Waals surface area contributed by atoms with Crippen molar-refractivity contribution in [1.29, 1.82) is 0 Å². The molecule has 0 atom stereocenters. The van der Waals surface area contributed by atoms with Gasteiger partial charge in [0.15, 0.2) is 0 Å². The predicted molar refractivity (Wildman–Crippen MR) is 77.6 cm³/mol. The number of anilines is 1. The van der Waals surface area contributed by atoms with Crippen LogP contribution in [0.1, 0.15) is 31.3 Å². The molecule has 0 fully saturated rings. The fraction of sp³-hybridized carbons (Fsp3) is 0.357. The monoisotopic (exact) mass is 311 g/mol. The average Bonchev–Trinajstić information content (AvgIpc) is 2.88. The van der Waals surface area contributed by atoms with Gasteiger partial charge in [-0.25, -0.2) is 0 Å². The maximum Gasteiger partial charge on any atom is 0.350 e. The molecular weight excluding hydrogens is 296 g/mol. The maximum atomic E-state index is 14.0. The van der Waals surface area contributed by atoms with Crippen molar-refractivity contribution in [2.45, 2.75) is 32.1 Å². The fourth-order valence-corrected chi connectivity index (χ4v) is 2.33. The number of hydrogen-bond donors (Lipinski definition) is 1. The molecule has 0 saturated carbocycles. The van der Waals surface area contributed by atoms with Crippen LogP contribution in [0.3, 0.4) is 0 Å². The third-order valence-electron chi connectivity index (χ3n) is 2.71. The smallest absolute Gasteiger partial charge is 0.295 e. The molecule has 1 aromatic heterocycles. The minimum Gasteiger partial charge on any atom is -0.295 e. The molecule has 2 aromatic rings. The molecule has 1 N–H and O–H groups in total. The summed E-state index contributed by atoms with van der Waals surface area (Å²) in [5.74, 6) is -5.03. The number of halogens is 2. The number of rotatable bonds is 3. The van der Waals surface area contributed by atoms with E-state index in [9.17, 15) is 13.6 Å². The molecule has 0 aliphatic rings. The summed E-state index contributed by atoms with van der Waals surface area (Å²) < 4.78 is 28.0. The topological polar surface area (TPSA) is 54.9 Å². The SMILES string of the molecule is CC(C)(C)c1nnc(NC(=O)C(F)(F)c2ccccc2)s1. The van der Waals surface area contributed by atoms with E-state index in [0.717, 1.165) is 11.3 Å². The zero-order chi connectivity index (χ0) is 15.7. The molecule has 112 valence electrons. The molecule has 1 heterocycles. The van der Waals surface area contributed by atoms with Gasteiger partial charge in [-0.15, -0.1) is 10.2 Å². The number of nitrogens with zero attached hydrogens (tertiary/aromatic N) is 2. The lowest BCUT2D eigenvalue weighted by molar-refractivity contribution is -0.140. The highest BCUT2D eigenvalue weighted by Crippen LogP contribution is 2.31. The predicted octanol–water partition coefficient (Wildman–Crippen LogP) is 3.57. The summed E-state index contributed by atoms with van der Waals surface area (Å²) in [5.41, 5.74) is -0.606. The molecule has 1 amide bonds. The first-order valence-electron chi connectivity index (χ1n) is 6.30. The zero-order valence-corrected chi connectivity index (χ0v) is 12.7. The van der Waals surface area contributed by atoms with Crippen LogP contribution >= 0.6 is 11.3 Å². The molecular formula is C14H15F2N3OS. The minimum absolute atomic E-state index is 0.0699. The van der Waals surface area contributed by atoms with Crippen molar-refractivity contribution in [3.63, 3.8) is 0 Å². The van der Waals surface area contributed by atoms with Crippen LogP contribution in [-0.2, 0) is 16.1 Å². The lowest BCUT2D eigenvalue weighted by Crippen LogP contribution is -2.32. The Morgan fingerprint density at radius 2 is 1.76 bits per heavy atom. The number of carbonyl (C=O) groups excluding carboxylic acids is 1. The first kappa shape index (κ1) is 15.5. The van der Waals surface area contributed by atoms with Crippen LogP contribution in [0, 0.1) is 0 Å². The highest BCUT2D eigenvalue weighted by atomic mass is 32.1. The number of benzene rings is 1. The van der Waals surface area contributed by atoms with Gasteiger partial charge in [-0.2, -0.15) is 8.78 Å². The third-order valence-corrected chi connectivity index (χ3v) is 3.97. The summed E-state index contributed by atoms with van der Waals surface area (Å²) in [6.45, 7) is 5.78. The van der Waals surface area contributed by atoms with Gasteiger partial charge in [-0.3, -0.25) is 10.1 Å². The number of amides is 1. The molecule has 7 heteroatoms. The summed E-state index contributed by atoms with van der Waals surface area (Å²) in [6.07, 6.45) is 0. The average molecular weight is 311 g/mol. The van der Waals surface area contributed by atoms with E-state index in [2.05, 4.69) is 15.5 Å². The first-order valence-corrected chi connectivity index (χ1v) is 7.11. The zero-order valence-electron chi connectivity index (χ0n) is 11.9. The molecule has 0 saturated heterocycles. The summed E-state index contributed by atoms with van der Waals surface area (Å²) in [4.78, 5) is 11.8. The Hall–Kier alpha value is -1.89. The summed E-state index contributed by atoms with van der Waals surface area (Å²) >= 11 is 1.09. The van der Waals surface area contributed by atoms with E-state index in [1.165, 1.54) is 24.3 Å². The van der Waals surface area contributed by atoms with Crippen LogP contribution in [0.5, 0.6) is 0 Å². The third kappa shape index (κ3) is 3.41. The molecule has 0 spiro atoms. The Morgan fingerprint density at radius 1 is 1.14 bits per heavy atom. The normalized spacial score (nSPS) is 12.2. The van der Waals surface area contributed by atoms with Crippen molar-refractivity contribution in [2.75, 3.05) is 5.32 Å². The Kier molecular flexibility index (Phi) is 4.04. The van der Waals surface area contributed by atoms with Gasteiger partial charge < -0.3 is 0 Å². The van der Waals surface area contributed by atoms with Gasteiger partial charge in [0.2, 0.25) is 5.13 Å². The standard InChI is InChI=1S/C14H15F2N3OS/c1-13(2,3)11-18-19-12(21-11)17-10(20)14(15,16)9-7-5-4-6-8-9/h4-8H,1-3H3,(H,17,19,20). The van der Waals surface area contributed by atoms with Crippen molar-refractivity contribution in [2.24, 2.45) is 0 Å². The van der Waals surface area contributed by atoms with E-state index in [1.54, 1.807) is 6.07 Å². The van der Waals surface area contributed by atoms with E-state index in [-0.39, 0.29) is 16.1 Å². The molecule has 2 rings (SSSR count). The number of aromatic nitrogens is 2. The van der Waals surface area contributed by atoms with Gasteiger partial charge >= 0.3 is 11.8 Å². The van der Waals surface area contributed by atoms with Crippen molar-refractivity contribution in [3.8, 4) is 0 Å². The Bertz CT molecular complexity index is 635. The van der Waals surface area contributed by atoms with Gasteiger partial charge in [0.25, 0.3) is 0 Å². The molecule has 4 nitrogen and oxygen atoms in total. The number of nitrogens with one attached hydrogen (secondary N) is 1. The van der Waals surface area contributed by atoms with Crippen molar-refractivity contribution < 1.29 is 13.6 Å². The lowest BCUT2D eigenvalue weighted by Gasteiger charge is -2.15. The quantitative estimate of drug-likeness (QED) is 0.943. The van der Waals surface area contributed by atoms with E-state index < -0.39 is 11.8 Å². The van der Waals surface area contributed by atoms with Gasteiger partial charge in [0, 0.05) is 11.0 Å². The van der Waals surface area contributed by atoms with Crippen LogP contribution in [0.15, 0.2) is 30.3 Å². The molecule has 0 bridgehead atoms. The van der Waals surface area contributed by atoms with Crippen LogP contribution in [0.25, 0.3) is 0 Å². The van der Waals surface area contributed by atoms with Gasteiger partial charge in [-0.1, -0.05) is 62.4 Å². The Morgan fingerprint density at radius 3 is 2.29 bits per heavy atom. The first-order chi connectivity index (χ1) is 9.71.